The summed E-state index contributed by atoms with van der Waals surface area (Å²) < 4.78 is 0. The van der Waals surface area contributed by atoms with Crippen LogP contribution in [0.2, 0.25) is 0 Å². The van der Waals surface area contributed by atoms with Crippen molar-refractivity contribution in [2.75, 3.05) is 0 Å². The second-order valence-electron chi connectivity index (χ2n) is 8.50. The topological polar surface area (TPSA) is 220 Å². The molecule has 0 fully saturated rings. The molecule has 0 amide bonds. The van der Waals surface area contributed by atoms with Gasteiger partial charge < -0.3 is 45.0 Å². The molecule has 0 saturated heterocycles. The minimum absolute atomic E-state index is 0. The van der Waals surface area contributed by atoms with Crippen LogP contribution in [0.15, 0.2) is 91.0 Å². The summed E-state index contributed by atoms with van der Waals surface area (Å²) in [4.78, 5) is 42.8. The molecule has 3 heterocycles. The molecule has 3 aromatic heterocycles. The molecule has 43 heavy (non-hydrogen) atoms. The van der Waals surface area contributed by atoms with E-state index in [1.54, 1.807) is 54.6 Å². The molecule has 0 unspecified atom stereocenters. The number of aromatic nitrogens is 3. The quantitative estimate of drug-likeness (QED) is 0.233. The van der Waals surface area contributed by atoms with Gasteiger partial charge in [0.15, 0.2) is 0 Å². The van der Waals surface area contributed by atoms with Gasteiger partial charge in [0.2, 0.25) is 0 Å². The SMILES string of the molecule is O=C([O-])c1ccc2cccc(O)c2n1.O=C([O-])c1ccc2cccc(O)c2n1.O=C([O-])c1ccc2cccc(O)c2n1.[In+3]. The Kier molecular flexibility index (Phi) is 10.4. The van der Waals surface area contributed by atoms with E-state index in [-0.39, 0.29) is 76.7 Å². The van der Waals surface area contributed by atoms with Crippen LogP contribution in [0.4, 0.5) is 0 Å². The van der Waals surface area contributed by atoms with E-state index in [1.807, 2.05) is 0 Å². The molecule has 0 bridgehead atoms. The molecule has 3 N–H and O–H groups in total. The van der Waals surface area contributed by atoms with Gasteiger partial charge in [-0.3, -0.25) is 0 Å². The zero-order chi connectivity index (χ0) is 30.4. The van der Waals surface area contributed by atoms with Crippen molar-refractivity contribution in [2.24, 2.45) is 0 Å². The van der Waals surface area contributed by atoms with Crippen LogP contribution in [0.25, 0.3) is 32.7 Å². The third-order valence-electron chi connectivity index (χ3n) is 5.72. The molecule has 0 saturated carbocycles. The molecule has 0 radical (unpaired) electrons. The molecular weight excluding hydrogens is 661 g/mol. The second-order valence-corrected chi connectivity index (χ2v) is 8.50. The van der Waals surface area contributed by atoms with Gasteiger partial charge in [-0.25, -0.2) is 15.0 Å². The minimum Gasteiger partial charge on any atom is -0.543 e. The van der Waals surface area contributed by atoms with Gasteiger partial charge in [-0.2, -0.15) is 0 Å². The number of phenols is 3. The van der Waals surface area contributed by atoms with E-state index in [4.69, 9.17) is 0 Å². The number of carboxylic acid groups (broad SMARTS) is 3. The maximum atomic E-state index is 10.5. The van der Waals surface area contributed by atoms with Crippen molar-refractivity contribution in [3.05, 3.63) is 108 Å². The summed E-state index contributed by atoms with van der Waals surface area (Å²) >= 11 is 0. The summed E-state index contributed by atoms with van der Waals surface area (Å²) in [5, 5.41) is 61.8. The monoisotopic (exact) mass is 679 g/mol. The van der Waals surface area contributed by atoms with Crippen molar-refractivity contribution in [3.63, 3.8) is 0 Å². The van der Waals surface area contributed by atoms with Gasteiger partial charge in [0.25, 0.3) is 0 Å². The van der Waals surface area contributed by atoms with Gasteiger partial charge in [0.1, 0.15) is 33.8 Å². The fourth-order valence-corrected chi connectivity index (χ4v) is 3.74. The summed E-state index contributed by atoms with van der Waals surface area (Å²) in [5.74, 6) is -4.16. The van der Waals surface area contributed by atoms with Crippen LogP contribution < -0.4 is 15.3 Å². The summed E-state index contributed by atoms with van der Waals surface area (Å²) in [6.45, 7) is 0. The molecule has 3 aromatic carbocycles. The number of benzene rings is 3. The van der Waals surface area contributed by atoms with Crippen LogP contribution in [0.5, 0.6) is 17.2 Å². The predicted molar refractivity (Wildman–Crippen MR) is 149 cm³/mol. The number of pyridine rings is 3. The zero-order valence-corrected chi connectivity index (χ0v) is 25.2. The number of fused-ring (bicyclic) bond motifs is 3. The number of aromatic carboxylic acids is 3. The number of aromatic hydroxyl groups is 3. The van der Waals surface area contributed by atoms with E-state index in [0.29, 0.717) is 16.2 Å². The van der Waals surface area contributed by atoms with E-state index in [0.717, 1.165) is 0 Å². The number of hydrogen-bond acceptors (Lipinski definition) is 12. The molecule has 13 heteroatoms. The molecule has 0 aliphatic rings. The van der Waals surface area contributed by atoms with Crippen LogP contribution in [-0.2, 0) is 0 Å². The average Bonchev–Trinajstić information content (AvgIpc) is 2.98. The van der Waals surface area contributed by atoms with Crippen molar-refractivity contribution in [1.82, 2.24) is 15.0 Å². The maximum absolute atomic E-state index is 10.5. The Hall–Kier alpha value is -5.43. The van der Waals surface area contributed by atoms with Crippen LogP contribution >= 0.6 is 0 Å². The molecule has 0 aliphatic heterocycles. The minimum atomic E-state index is -1.35. The first-order valence-corrected chi connectivity index (χ1v) is 12.0. The summed E-state index contributed by atoms with van der Waals surface area (Å²) in [6.07, 6.45) is 0. The van der Waals surface area contributed by atoms with Crippen molar-refractivity contribution < 1.29 is 45.0 Å². The first-order valence-electron chi connectivity index (χ1n) is 12.0. The van der Waals surface area contributed by atoms with Gasteiger partial charge in [0, 0.05) is 16.2 Å². The molecule has 6 aromatic rings. The maximum Gasteiger partial charge on any atom is 3.00 e. The number of para-hydroxylation sites is 3. The van der Waals surface area contributed by atoms with Gasteiger partial charge in [0.05, 0.1) is 35.0 Å². The van der Waals surface area contributed by atoms with Crippen molar-refractivity contribution in [3.8, 4) is 17.2 Å². The Bertz CT molecular complexity index is 1760. The van der Waals surface area contributed by atoms with Crippen LogP contribution in [0.1, 0.15) is 31.5 Å². The van der Waals surface area contributed by atoms with Gasteiger partial charge in [-0.1, -0.05) is 54.6 Å². The zero-order valence-electron chi connectivity index (χ0n) is 21.9. The first kappa shape index (κ1) is 32.1. The molecule has 0 aliphatic carbocycles. The van der Waals surface area contributed by atoms with E-state index >= 15 is 0 Å². The standard InChI is InChI=1S/3C10H7NO3.In/c3*12-8-3-1-2-6-4-5-7(10(13)14)11-9(6)8;/h3*1-5,12H,(H,13,14);/q;;;+3/p-3. The Morgan fingerprint density at radius 3 is 0.930 bits per heavy atom. The molecule has 12 nitrogen and oxygen atoms in total. The Labute approximate surface area is 261 Å². The third kappa shape index (κ3) is 7.65. The molecule has 210 valence electrons. The number of rotatable bonds is 3. The Morgan fingerprint density at radius 2 is 0.698 bits per heavy atom. The molecule has 6 rings (SSSR count). The number of carbonyl (C=O) groups excluding carboxylic acids is 3. The van der Waals surface area contributed by atoms with Gasteiger partial charge >= 0.3 is 25.8 Å². The van der Waals surface area contributed by atoms with Gasteiger partial charge in [-0.15, -0.1) is 0 Å². The first-order chi connectivity index (χ1) is 20.0. The second kappa shape index (κ2) is 14.0. The average molecular weight is 679 g/mol. The fraction of sp³-hybridized carbons (Fsp3) is 0. The third-order valence-corrected chi connectivity index (χ3v) is 5.72. The van der Waals surface area contributed by atoms with E-state index < -0.39 is 17.9 Å². The smallest absolute Gasteiger partial charge is 0.543 e. The largest absolute Gasteiger partial charge is 3.00 e. The van der Waals surface area contributed by atoms with Crippen LogP contribution in [0.3, 0.4) is 0 Å². The normalized spacial score (nSPS) is 10.0. The fourth-order valence-electron chi connectivity index (χ4n) is 3.74. The van der Waals surface area contributed by atoms with Crippen molar-refractivity contribution >= 4 is 76.5 Å². The number of hydrogen-bond donors (Lipinski definition) is 3. The van der Waals surface area contributed by atoms with Crippen molar-refractivity contribution in [2.45, 2.75) is 0 Å². The number of carboxylic acids is 3. The molecule has 0 atom stereocenters. The van der Waals surface area contributed by atoms with E-state index in [1.165, 1.54) is 36.4 Å². The summed E-state index contributed by atoms with van der Waals surface area (Å²) in [5.41, 5.74) is 0.273. The van der Waals surface area contributed by atoms with E-state index in [2.05, 4.69) is 15.0 Å². The van der Waals surface area contributed by atoms with Gasteiger partial charge in [-0.05, 0) is 36.4 Å². The number of phenolic OH excluding ortho intramolecular Hbond substituents is 3. The molecular formula is C30H18InN3O9. The Balaban J connectivity index is 0.000000175. The predicted octanol–water partition coefficient (Wildman–Crippen LogP) is 0.531. The van der Waals surface area contributed by atoms with Crippen LogP contribution in [0, 0.1) is 0 Å². The number of nitrogens with zero attached hydrogens (tertiary/aromatic N) is 3. The van der Waals surface area contributed by atoms with Crippen molar-refractivity contribution in [1.29, 1.82) is 0 Å². The molecule has 0 spiro atoms. The number of carbonyl (C=O) groups is 3. The summed E-state index contributed by atoms with van der Waals surface area (Å²) in [7, 11) is 0. The van der Waals surface area contributed by atoms with Crippen LogP contribution in [-0.4, -0.2) is 74.0 Å². The van der Waals surface area contributed by atoms with E-state index in [9.17, 15) is 45.0 Å². The summed E-state index contributed by atoms with van der Waals surface area (Å²) in [6, 6.07) is 23.3. The Morgan fingerprint density at radius 1 is 0.442 bits per heavy atom.